The lowest BCUT2D eigenvalue weighted by molar-refractivity contribution is -0.135. The van der Waals surface area contributed by atoms with Gasteiger partial charge in [-0.2, -0.15) is 0 Å². The molecular weight excluding hydrogens is 180 g/mol. The van der Waals surface area contributed by atoms with Crippen molar-refractivity contribution in [2.45, 2.75) is 32.6 Å². The zero-order valence-electron chi connectivity index (χ0n) is 8.51. The Morgan fingerprint density at radius 2 is 2.14 bits per heavy atom. The highest BCUT2D eigenvalue weighted by Gasteiger charge is 2.16. The number of hydrogen-bond donors (Lipinski definition) is 1. The Balaban J connectivity index is 2.69. The minimum atomic E-state index is -0.396. The van der Waals surface area contributed by atoms with Crippen LogP contribution in [-0.4, -0.2) is 17.7 Å². The molecule has 1 aliphatic rings. The maximum atomic E-state index is 11.2. The van der Waals surface area contributed by atoms with Crippen LogP contribution in [0.25, 0.3) is 0 Å². The number of hydrogen-bond acceptors (Lipinski definition) is 3. The first kappa shape index (κ1) is 11.0. The SMILES string of the molecule is C=C(C)C(=O)OC1=C(CO)CCCC1. The minimum Gasteiger partial charge on any atom is -0.428 e. The third kappa shape index (κ3) is 2.70. The molecule has 0 aliphatic heterocycles. The molecule has 0 radical (unpaired) electrons. The third-order valence-corrected chi connectivity index (χ3v) is 2.28. The molecule has 1 rings (SSSR count). The molecule has 0 spiro atoms. The average Bonchev–Trinajstić information content (AvgIpc) is 2.18. The van der Waals surface area contributed by atoms with Gasteiger partial charge in [-0.25, -0.2) is 4.79 Å². The van der Waals surface area contributed by atoms with E-state index >= 15 is 0 Å². The van der Waals surface area contributed by atoms with E-state index in [1.165, 1.54) is 0 Å². The summed E-state index contributed by atoms with van der Waals surface area (Å²) >= 11 is 0. The maximum Gasteiger partial charge on any atom is 0.338 e. The van der Waals surface area contributed by atoms with Crippen LogP contribution in [0.4, 0.5) is 0 Å². The zero-order chi connectivity index (χ0) is 10.6. The monoisotopic (exact) mass is 196 g/mol. The molecule has 1 N–H and O–H groups in total. The normalized spacial score (nSPS) is 16.7. The molecule has 1 aliphatic carbocycles. The number of carbonyl (C=O) groups is 1. The summed E-state index contributed by atoms with van der Waals surface area (Å²) in [4.78, 5) is 11.2. The number of ether oxygens (including phenoxy) is 1. The van der Waals surface area contributed by atoms with E-state index in [2.05, 4.69) is 6.58 Å². The van der Waals surface area contributed by atoms with Crippen molar-refractivity contribution in [1.29, 1.82) is 0 Å². The van der Waals surface area contributed by atoms with Crippen LogP contribution in [0.2, 0.25) is 0 Å². The van der Waals surface area contributed by atoms with Gasteiger partial charge in [-0.15, -0.1) is 0 Å². The summed E-state index contributed by atoms with van der Waals surface area (Å²) in [7, 11) is 0. The Kier molecular flexibility index (Phi) is 3.89. The predicted octanol–water partition coefficient (Wildman–Crippen LogP) is 1.93. The molecule has 0 unspecified atom stereocenters. The fourth-order valence-electron chi connectivity index (χ4n) is 1.43. The summed E-state index contributed by atoms with van der Waals surface area (Å²) < 4.78 is 5.14. The van der Waals surface area contributed by atoms with Crippen LogP contribution in [0.5, 0.6) is 0 Å². The number of carbonyl (C=O) groups excluding carboxylic acids is 1. The van der Waals surface area contributed by atoms with Gasteiger partial charge in [0.25, 0.3) is 0 Å². The molecule has 0 saturated carbocycles. The first-order valence-electron chi connectivity index (χ1n) is 4.84. The van der Waals surface area contributed by atoms with Crippen LogP contribution >= 0.6 is 0 Å². The van der Waals surface area contributed by atoms with Crippen LogP contribution in [0, 0.1) is 0 Å². The van der Waals surface area contributed by atoms with Gasteiger partial charge in [0.1, 0.15) is 5.76 Å². The van der Waals surface area contributed by atoms with Gasteiger partial charge in [0.2, 0.25) is 0 Å². The molecule has 78 valence electrons. The van der Waals surface area contributed by atoms with E-state index in [4.69, 9.17) is 9.84 Å². The summed E-state index contributed by atoms with van der Waals surface area (Å²) in [5.74, 6) is 0.250. The molecular formula is C11H16O3. The second-order valence-corrected chi connectivity index (χ2v) is 3.56. The van der Waals surface area contributed by atoms with Crippen molar-refractivity contribution < 1.29 is 14.6 Å². The van der Waals surface area contributed by atoms with E-state index in [0.717, 1.165) is 31.3 Å². The number of esters is 1. The van der Waals surface area contributed by atoms with E-state index in [9.17, 15) is 4.79 Å². The van der Waals surface area contributed by atoms with Gasteiger partial charge < -0.3 is 9.84 Å². The smallest absolute Gasteiger partial charge is 0.338 e. The van der Waals surface area contributed by atoms with Crippen LogP contribution in [0.15, 0.2) is 23.5 Å². The summed E-state index contributed by atoms with van der Waals surface area (Å²) in [6.07, 6.45) is 3.65. The van der Waals surface area contributed by atoms with E-state index < -0.39 is 5.97 Å². The van der Waals surface area contributed by atoms with Gasteiger partial charge >= 0.3 is 5.97 Å². The molecule has 0 heterocycles. The van der Waals surface area contributed by atoms with Crippen molar-refractivity contribution in [2.75, 3.05) is 6.61 Å². The van der Waals surface area contributed by atoms with Gasteiger partial charge in [-0.3, -0.25) is 0 Å². The molecule has 0 amide bonds. The van der Waals surface area contributed by atoms with Crippen molar-refractivity contribution in [1.82, 2.24) is 0 Å². The Morgan fingerprint density at radius 3 is 2.71 bits per heavy atom. The maximum absolute atomic E-state index is 11.2. The number of aliphatic hydroxyl groups is 1. The minimum absolute atomic E-state index is 0.0151. The number of rotatable bonds is 3. The highest BCUT2D eigenvalue weighted by atomic mass is 16.5. The summed E-state index contributed by atoms with van der Waals surface area (Å²) in [5.41, 5.74) is 1.24. The van der Waals surface area contributed by atoms with Crippen LogP contribution in [-0.2, 0) is 9.53 Å². The van der Waals surface area contributed by atoms with Crippen molar-refractivity contribution in [2.24, 2.45) is 0 Å². The summed E-state index contributed by atoms with van der Waals surface area (Å²) in [6, 6.07) is 0. The fraction of sp³-hybridized carbons (Fsp3) is 0.545. The van der Waals surface area contributed by atoms with Gasteiger partial charge in [0.15, 0.2) is 0 Å². The Morgan fingerprint density at radius 1 is 1.50 bits per heavy atom. The summed E-state index contributed by atoms with van der Waals surface area (Å²) in [5, 5.41) is 9.04. The van der Waals surface area contributed by atoms with E-state index in [1.54, 1.807) is 6.92 Å². The topological polar surface area (TPSA) is 46.5 Å². The van der Waals surface area contributed by atoms with E-state index in [1.807, 2.05) is 0 Å². The first-order valence-corrected chi connectivity index (χ1v) is 4.84. The van der Waals surface area contributed by atoms with Gasteiger partial charge in [0.05, 0.1) is 6.61 Å². The first-order chi connectivity index (χ1) is 6.65. The highest BCUT2D eigenvalue weighted by molar-refractivity contribution is 5.87. The van der Waals surface area contributed by atoms with Crippen molar-refractivity contribution in [3.63, 3.8) is 0 Å². The molecule has 0 aromatic heterocycles. The second-order valence-electron chi connectivity index (χ2n) is 3.56. The molecule has 0 aromatic rings. The highest BCUT2D eigenvalue weighted by Crippen LogP contribution is 2.25. The quantitative estimate of drug-likeness (QED) is 0.554. The lowest BCUT2D eigenvalue weighted by Crippen LogP contribution is -2.11. The zero-order valence-corrected chi connectivity index (χ0v) is 8.51. The Hall–Kier alpha value is -1.09. The molecule has 0 saturated heterocycles. The molecule has 3 nitrogen and oxygen atoms in total. The van der Waals surface area contributed by atoms with Gasteiger partial charge in [-0.05, 0) is 31.8 Å². The fourth-order valence-corrected chi connectivity index (χ4v) is 1.43. The lowest BCUT2D eigenvalue weighted by Gasteiger charge is -2.18. The molecule has 14 heavy (non-hydrogen) atoms. The van der Waals surface area contributed by atoms with Crippen molar-refractivity contribution >= 4 is 5.97 Å². The number of aliphatic hydroxyl groups excluding tert-OH is 1. The van der Waals surface area contributed by atoms with Gasteiger partial charge in [0, 0.05) is 12.0 Å². The second kappa shape index (κ2) is 4.96. The van der Waals surface area contributed by atoms with E-state index in [-0.39, 0.29) is 6.61 Å². The Labute approximate surface area is 84.1 Å². The third-order valence-electron chi connectivity index (χ3n) is 2.28. The molecule has 0 aromatic carbocycles. The summed E-state index contributed by atoms with van der Waals surface area (Å²) in [6.45, 7) is 5.11. The van der Waals surface area contributed by atoms with E-state index in [0.29, 0.717) is 11.3 Å². The number of allylic oxidation sites excluding steroid dienone is 1. The standard InChI is InChI=1S/C11H16O3/c1-8(2)11(13)14-10-6-4-3-5-9(10)7-12/h12H,1,3-7H2,2H3. The predicted molar refractivity (Wildman–Crippen MR) is 53.5 cm³/mol. The molecule has 0 atom stereocenters. The van der Waals surface area contributed by atoms with Crippen molar-refractivity contribution in [3.8, 4) is 0 Å². The Bertz CT molecular complexity index is 276. The molecule has 0 bridgehead atoms. The van der Waals surface area contributed by atoms with Crippen LogP contribution < -0.4 is 0 Å². The van der Waals surface area contributed by atoms with Crippen LogP contribution in [0.1, 0.15) is 32.6 Å². The molecule has 0 fully saturated rings. The lowest BCUT2D eigenvalue weighted by atomic mass is 9.98. The average molecular weight is 196 g/mol. The van der Waals surface area contributed by atoms with Gasteiger partial charge in [-0.1, -0.05) is 6.58 Å². The van der Waals surface area contributed by atoms with Crippen molar-refractivity contribution in [3.05, 3.63) is 23.5 Å². The molecule has 3 heteroatoms. The largest absolute Gasteiger partial charge is 0.428 e. The van der Waals surface area contributed by atoms with Crippen LogP contribution in [0.3, 0.4) is 0 Å².